The number of carboxylic acid groups (broad SMARTS) is 2. The number of rotatable bonds is 13. The fraction of sp³-hybridized carbons (Fsp3) is 0.706. The Morgan fingerprint density at radius 2 is 1.33 bits per heavy atom. The summed E-state index contributed by atoms with van der Waals surface area (Å²) in [4.78, 5) is 59.3. The van der Waals surface area contributed by atoms with Crippen molar-refractivity contribution >= 4 is 42.3 Å². The molecule has 30 heavy (non-hydrogen) atoms. The number of nitrogens with two attached hydrogens (primary N) is 1. The van der Waals surface area contributed by atoms with Gasteiger partial charge in [0, 0.05) is 5.75 Å². The van der Waals surface area contributed by atoms with Gasteiger partial charge in [-0.05, 0) is 19.3 Å². The normalized spacial score (nSPS) is 16.0. The average Bonchev–Trinajstić information content (AvgIpc) is 2.62. The highest BCUT2D eigenvalue weighted by atomic mass is 32.1. The lowest BCUT2D eigenvalue weighted by molar-refractivity contribution is -0.143. The summed E-state index contributed by atoms with van der Waals surface area (Å²) in [5.41, 5.74) is 5.48. The van der Waals surface area contributed by atoms with E-state index >= 15 is 0 Å². The number of hydrogen-bond donors (Lipinski definition) is 8. The first kappa shape index (κ1) is 27.6. The van der Waals surface area contributed by atoms with Gasteiger partial charge in [0.15, 0.2) is 0 Å². The summed E-state index contributed by atoms with van der Waals surface area (Å²) in [5, 5.41) is 34.2. The smallest absolute Gasteiger partial charge is 0.327 e. The van der Waals surface area contributed by atoms with Crippen LogP contribution in [0.3, 0.4) is 0 Å². The summed E-state index contributed by atoms with van der Waals surface area (Å²) >= 11 is 3.85. The van der Waals surface area contributed by atoms with E-state index in [1.54, 1.807) is 13.8 Å². The summed E-state index contributed by atoms with van der Waals surface area (Å²) in [6, 6.07) is -5.43. The minimum Gasteiger partial charge on any atom is -0.481 e. The van der Waals surface area contributed by atoms with Crippen molar-refractivity contribution in [3.63, 3.8) is 0 Å². The summed E-state index contributed by atoms with van der Waals surface area (Å²) in [6.07, 6.45) is -1.92. The molecular formula is C17H30N4O8S. The number of thiol groups is 1. The van der Waals surface area contributed by atoms with Gasteiger partial charge in [-0.15, -0.1) is 0 Å². The van der Waals surface area contributed by atoms with Crippen LogP contribution < -0.4 is 21.7 Å². The summed E-state index contributed by atoms with van der Waals surface area (Å²) in [7, 11) is 0. The molecule has 0 saturated carbocycles. The van der Waals surface area contributed by atoms with E-state index in [0.717, 1.165) is 0 Å². The van der Waals surface area contributed by atoms with Gasteiger partial charge in [-0.3, -0.25) is 19.2 Å². The Kier molecular flexibility index (Phi) is 12.0. The van der Waals surface area contributed by atoms with E-state index in [1.807, 2.05) is 0 Å². The van der Waals surface area contributed by atoms with Gasteiger partial charge < -0.3 is 37.0 Å². The van der Waals surface area contributed by atoms with Crippen LogP contribution in [0.1, 0.15) is 33.6 Å². The lowest BCUT2D eigenvalue weighted by Crippen LogP contribution is -2.58. The van der Waals surface area contributed by atoms with E-state index in [2.05, 4.69) is 28.6 Å². The maximum Gasteiger partial charge on any atom is 0.327 e. The van der Waals surface area contributed by atoms with Gasteiger partial charge in [0.2, 0.25) is 17.7 Å². The molecule has 0 bridgehead atoms. The average molecular weight is 451 g/mol. The third kappa shape index (κ3) is 9.89. The third-order valence-electron chi connectivity index (χ3n) is 3.97. The van der Waals surface area contributed by atoms with Gasteiger partial charge in [-0.25, -0.2) is 4.79 Å². The van der Waals surface area contributed by atoms with Gasteiger partial charge in [-0.2, -0.15) is 12.6 Å². The van der Waals surface area contributed by atoms with Crippen LogP contribution in [0.5, 0.6) is 0 Å². The number of carbonyl (C=O) groups excluding carboxylic acids is 3. The topological polar surface area (TPSA) is 208 Å². The number of carbonyl (C=O) groups is 5. The number of nitrogens with one attached hydrogen (secondary N) is 3. The maximum atomic E-state index is 12.6. The molecule has 0 aliphatic heterocycles. The molecule has 5 atom stereocenters. The Morgan fingerprint density at radius 3 is 1.73 bits per heavy atom. The van der Waals surface area contributed by atoms with Gasteiger partial charge in [0.25, 0.3) is 0 Å². The largest absolute Gasteiger partial charge is 0.481 e. The molecule has 0 aliphatic carbocycles. The molecule has 0 heterocycles. The quantitative estimate of drug-likeness (QED) is 0.141. The van der Waals surface area contributed by atoms with Crippen LogP contribution in [0.15, 0.2) is 0 Å². The van der Waals surface area contributed by atoms with E-state index < -0.39 is 66.4 Å². The number of aliphatic hydroxyl groups excluding tert-OH is 1. The number of aliphatic carboxylic acids is 2. The molecule has 0 spiro atoms. The van der Waals surface area contributed by atoms with Crippen molar-refractivity contribution in [2.75, 3.05) is 5.75 Å². The molecule has 8 N–H and O–H groups in total. The molecule has 12 nitrogen and oxygen atoms in total. The Morgan fingerprint density at radius 1 is 0.867 bits per heavy atom. The molecule has 0 aromatic heterocycles. The Hall–Kier alpha value is -2.38. The van der Waals surface area contributed by atoms with E-state index in [1.165, 1.54) is 6.92 Å². The molecule has 0 rings (SSSR count). The molecule has 13 heteroatoms. The van der Waals surface area contributed by atoms with Gasteiger partial charge in [0.1, 0.15) is 24.2 Å². The van der Waals surface area contributed by atoms with Crippen molar-refractivity contribution in [1.82, 2.24) is 16.0 Å². The fourth-order valence-electron chi connectivity index (χ4n) is 2.30. The summed E-state index contributed by atoms with van der Waals surface area (Å²) in [5.74, 6) is -5.68. The predicted molar refractivity (Wildman–Crippen MR) is 109 cm³/mol. The number of hydrogen-bond acceptors (Lipinski definition) is 8. The molecule has 0 radical (unpaired) electrons. The lowest BCUT2D eigenvalue weighted by Gasteiger charge is -2.25. The van der Waals surface area contributed by atoms with Crippen LogP contribution in [0.4, 0.5) is 0 Å². The van der Waals surface area contributed by atoms with E-state index in [4.69, 9.17) is 15.9 Å². The number of aliphatic hydroxyl groups is 1. The zero-order valence-electron chi connectivity index (χ0n) is 17.0. The van der Waals surface area contributed by atoms with Crippen LogP contribution in [0.25, 0.3) is 0 Å². The van der Waals surface area contributed by atoms with Crippen molar-refractivity contribution in [2.24, 2.45) is 11.7 Å². The highest BCUT2D eigenvalue weighted by Gasteiger charge is 2.32. The van der Waals surface area contributed by atoms with Gasteiger partial charge in [0.05, 0.1) is 12.5 Å². The molecule has 0 aliphatic rings. The van der Waals surface area contributed by atoms with E-state index in [0.29, 0.717) is 0 Å². The van der Waals surface area contributed by atoms with E-state index in [-0.39, 0.29) is 18.1 Å². The van der Waals surface area contributed by atoms with Crippen molar-refractivity contribution in [1.29, 1.82) is 0 Å². The molecular weight excluding hydrogens is 420 g/mol. The highest BCUT2D eigenvalue weighted by molar-refractivity contribution is 7.80. The first-order chi connectivity index (χ1) is 13.8. The minimum absolute atomic E-state index is 0.0866. The summed E-state index contributed by atoms with van der Waals surface area (Å²) < 4.78 is 0. The standard InChI is InChI=1S/C17H30N4O8S/c1-7(2)4-9(14(25)21-11(6-30)17(28)29)19-15(26)10(5-12(23)24)20-16(27)13(18)8(3)22/h7-11,13,22,30H,4-6,18H2,1-3H3,(H,19,26)(H,20,27)(H,21,25)(H,23,24)(H,28,29). The Labute approximate surface area is 179 Å². The van der Waals surface area contributed by atoms with Crippen LogP contribution in [-0.2, 0) is 24.0 Å². The Bertz CT molecular complexity index is 643. The summed E-state index contributed by atoms with van der Waals surface area (Å²) in [6.45, 7) is 4.77. The highest BCUT2D eigenvalue weighted by Crippen LogP contribution is 2.07. The van der Waals surface area contributed by atoms with Crippen molar-refractivity contribution in [3.8, 4) is 0 Å². The van der Waals surface area contributed by atoms with Crippen LogP contribution in [-0.4, -0.2) is 81.0 Å². The van der Waals surface area contributed by atoms with Crippen molar-refractivity contribution in [2.45, 2.75) is 63.9 Å². The zero-order chi connectivity index (χ0) is 23.6. The third-order valence-corrected chi connectivity index (χ3v) is 4.34. The number of carboxylic acids is 2. The number of amides is 3. The van der Waals surface area contributed by atoms with Crippen LogP contribution in [0.2, 0.25) is 0 Å². The molecule has 0 aromatic rings. The fourth-order valence-corrected chi connectivity index (χ4v) is 2.55. The van der Waals surface area contributed by atoms with Crippen LogP contribution >= 0.6 is 12.6 Å². The first-order valence-corrected chi connectivity index (χ1v) is 9.83. The Balaban J connectivity index is 5.45. The van der Waals surface area contributed by atoms with Crippen molar-refractivity contribution in [3.05, 3.63) is 0 Å². The maximum absolute atomic E-state index is 12.6. The second-order valence-corrected chi connectivity index (χ2v) is 7.56. The zero-order valence-corrected chi connectivity index (χ0v) is 17.9. The molecule has 0 fully saturated rings. The monoisotopic (exact) mass is 450 g/mol. The molecule has 172 valence electrons. The second kappa shape index (κ2) is 13.0. The van der Waals surface area contributed by atoms with Crippen molar-refractivity contribution < 1.29 is 39.3 Å². The lowest BCUT2D eigenvalue weighted by atomic mass is 10.0. The first-order valence-electron chi connectivity index (χ1n) is 9.20. The van der Waals surface area contributed by atoms with Crippen LogP contribution in [0, 0.1) is 5.92 Å². The minimum atomic E-state index is -1.57. The van der Waals surface area contributed by atoms with Gasteiger partial charge in [-0.1, -0.05) is 13.8 Å². The molecule has 3 amide bonds. The SMILES string of the molecule is CC(C)CC(NC(=O)C(CC(=O)O)NC(=O)C(N)C(C)O)C(=O)NC(CS)C(=O)O. The molecule has 0 saturated heterocycles. The van der Waals surface area contributed by atoms with Gasteiger partial charge >= 0.3 is 11.9 Å². The predicted octanol–water partition coefficient (Wildman–Crippen LogP) is -2.32. The molecule has 0 aromatic carbocycles. The van der Waals surface area contributed by atoms with E-state index in [9.17, 15) is 29.1 Å². The second-order valence-electron chi connectivity index (χ2n) is 7.20. The molecule has 5 unspecified atom stereocenters.